The second kappa shape index (κ2) is 4.92. The lowest BCUT2D eigenvalue weighted by atomic mass is 9.95. The van der Waals surface area contributed by atoms with Crippen LogP contribution in [0.1, 0.15) is 39.9 Å². The first kappa shape index (κ1) is 12.4. The van der Waals surface area contributed by atoms with E-state index in [-0.39, 0.29) is 18.6 Å². The standard InChI is InChI=1S/C13H16O3/c1-8-4-5-11(10(3)9(8)2)12(14)6-7-13(15)16/h4-5H,6-7H2,1-3H3,(H,15,16). The normalized spacial score (nSPS) is 10.2. The van der Waals surface area contributed by atoms with Crippen LogP contribution in [0.4, 0.5) is 0 Å². The maximum absolute atomic E-state index is 11.8. The fourth-order valence-corrected chi connectivity index (χ4v) is 1.61. The van der Waals surface area contributed by atoms with Gasteiger partial charge in [-0.1, -0.05) is 12.1 Å². The predicted octanol–water partition coefficient (Wildman–Crippen LogP) is 2.66. The van der Waals surface area contributed by atoms with Gasteiger partial charge in [-0.05, 0) is 37.5 Å². The number of aryl methyl sites for hydroxylation is 1. The van der Waals surface area contributed by atoms with E-state index < -0.39 is 5.97 Å². The van der Waals surface area contributed by atoms with Crippen LogP contribution in [-0.4, -0.2) is 16.9 Å². The van der Waals surface area contributed by atoms with E-state index in [4.69, 9.17) is 5.11 Å². The Labute approximate surface area is 95.1 Å². The van der Waals surface area contributed by atoms with Gasteiger partial charge in [-0.3, -0.25) is 9.59 Å². The van der Waals surface area contributed by atoms with Crippen molar-refractivity contribution in [2.45, 2.75) is 33.6 Å². The summed E-state index contributed by atoms with van der Waals surface area (Å²) in [6, 6.07) is 3.68. The van der Waals surface area contributed by atoms with E-state index in [1.807, 2.05) is 26.8 Å². The first-order valence-electron chi connectivity index (χ1n) is 5.25. The van der Waals surface area contributed by atoms with Crippen LogP contribution in [0.25, 0.3) is 0 Å². The lowest BCUT2D eigenvalue weighted by Crippen LogP contribution is -2.06. The fourth-order valence-electron chi connectivity index (χ4n) is 1.61. The van der Waals surface area contributed by atoms with Gasteiger partial charge in [0.25, 0.3) is 0 Å². The number of hydrogen-bond acceptors (Lipinski definition) is 2. The number of ketones is 1. The zero-order valence-corrected chi connectivity index (χ0v) is 9.83. The molecule has 0 bridgehead atoms. The molecular formula is C13H16O3. The van der Waals surface area contributed by atoms with Gasteiger partial charge in [0.2, 0.25) is 0 Å². The van der Waals surface area contributed by atoms with Crippen molar-refractivity contribution in [1.82, 2.24) is 0 Å². The number of carboxylic acids is 1. The third kappa shape index (κ3) is 2.69. The summed E-state index contributed by atoms with van der Waals surface area (Å²) in [5.41, 5.74) is 3.84. The van der Waals surface area contributed by atoms with Crippen molar-refractivity contribution in [3.8, 4) is 0 Å². The third-order valence-corrected chi connectivity index (χ3v) is 2.92. The van der Waals surface area contributed by atoms with Crippen LogP contribution in [-0.2, 0) is 4.79 Å². The fraction of sp³-hybridized carbons (Fsp3) is 0.385. The van der Waals surface area contributed by atoms with Gasteiger partial charge in [-0.2, -0.15) is 0 Å². The van der Waals surface area contributed by atoms with Gasteiger partial charge in [0, 0.05) is 12.0 Å². The smallest absolute Gasteiger partial charge is 0.303 e. The van der Waals surface area contributed by atoms with Crippen LogP contribution in [0.2, 0.25) is 0 Å². The molecule has 1 N–H and O–H groups in total. The number of Topliss-reactive ketones (excluding diaryl/α,β-unsaturated/α-hetero) is 1. The number of rotatable bonds is 4. The van der Waals surface area contributed by atoms with Crippen molar-refractivity contribution in [3.63, 3.8) is 0 Å². The van der Waals surface area contributed by atoms with E-state index in [1.54, 1.807) is 6.07 Å². The summed E-state index contributed by atoms with van der Waals surface area (Å²) in [5, 5.41) is 8.53. The van der Waals surface area contributed by atoms with Gasteiger partial charge >= 0.3 is 5.97 Å². The van der Waals surface area contributed by atoms with E-state index in [0.29, 0.717) is 5.56 Å². The minimum Gasteiger partial charge on any atom is -0.481 e. The van der Waals surface area contributed by atoms with E-state index >= 15 is 0 Å². The summed E-state index contributed by atoms with van der Waals surface area (Å²) < 4.78 is 0. The topological polar surface area (TPSA) is 54.4 Å². The summed E-state index contributed by atoms with van der Waals surface area (Å²) in [4.78, 5) is 22.2. The molecule has 86 valence electrons. The molecule has 3 nitrogen and oxygen atoms in total. The van der Waals surface area contributed by atoms with Gasteiger partial charge in [0.1, 0.15) is 0 Å². The molecule has 0 saturated heterocycles. The van der Waals surface area contributed by atoms with E-state index in [1.165, 1.54) is 0 Å². The van der Waals surface area contributed by atoms with Crippen LogP contribution in [0, 0.1) is 20.8 Å². The maximum atomic E-state index is 11.8. The van der Waals surface area contributed by atoms with Crippen molar-refractivity contribution in [3.05, 3.63) is 34.4 Å². The Hall–Kier alpha value is -1.64. The summed E-state index contributed by atoms with van der Waals surface area (Å²) in [5.74, 6) is -1.03. The Morgan fingerprint density at radius 2 is 1.69 bits per heavy atom. The van der Waals surface area contributed by atoms with E-state index in [2.05, 4.69) is 0 Å². The van der Waals surface area contributed by atoms with Crippen molar-refractivity contribution in [1.29, 1.82) is 0 Å². The highest BCUT2D eigenvalue weighted by molar-refractivity contribution is 5.99. The van der Waals surface area contributed by atoms with Crippen molar-refractivity contribution in [2.75, 3.05) is 0 Å². The summed E-state index contributed by atoms with van der Waals surface area (Å²) in [6.07, 6.45) is -0.0378. The van der Waals surface area contributed by atoms with E-state index in [0.717, 1.165) is 16.7 Å². The molecule has 1 aromatic rings. The molecular weight excluding hydrogens is 204 g/mol. The van der Waals surface area contributed by atoms with E-state index in [9.17, 15) is 9.59 Å². The van der Waals surface area contributed by atoms with Crippen LogP contribution >= 0.6 is 0 Å². The predicted molar refractivity (Wildman–Crippen MR) is 61.9 cm³/mol. The Bertz CT molecular complexity index is 433. The lowest BCUT2D eigenvalue weighted by molar-refractivity contribution is -0.136. The zero-order valence-electron chi connectivity index (χ0n) is 9.83. The molecule has 0 spiro atoms. The summed E-state index contributed by atoms with van der Waals surface area (Å²) in [7, 11) is 0. The number of carbonyl (C=O) groups is 2. The molecule has 0 fully saturated rings. The molecule has 16 heavy (non-hydrogen) atoms. The SMILES string of the molecule is Cc1ccc(C(=O)CCC(=O)O)c(C)c1C. The Kier molecular flexibility index (Phi) is 3.82. The molecule has 0 aliphatic heterocycles. The number of aliphatic carboxylic acids is 1. The lowest BCUT2D eigenvalue weighted by Gasteiger charge is -2.09. The number of benzene rings is 1. The average Bonchev–Trinajstić information content (AvgIpc) is 2.23. The van der Waals surface area contributed by atoms with Crippen LogP contribution in [0.5, 0.6) is 0 Å². The van der Waals surface area contributed by atoms with Gasteiger partial charge in [-0.25, -0.2) is 0 Å². The number of hydrogen-bond donors (Lipinski definition) is 1. The Morgan fingerprint density at radius 3 is 2.25 bits per heavy atom. The Balaban J connectivity index is 2.92. The van der Waals surface area contributed by atoms with Crippen molar-refractivity contribution < 1.29 is 14.7 Å². The van der Waals surface area contributed by atoms with Crippen molar-refractivity contribution in [2.24, 2.45) is 0 Å². The monoisotopic (exact) mass is 220 g/mol. The van der Waals surface area contributed by atoms with Gasteiger partial charge < -0.3 is 5.11 Å². The van der Waals surface area contributed by atoms with Gasteiger partial charge in [0.15, 0.2) is 5.78 Å². The minimum absolute atomic E-state index is 0.0681. The minimum atomic E-state index is -0.935. The van der Waals surface area contributed by atoms with Crippen LogP contribution in [0.3, 0.4) is 0 Å². The molecule has 1 rings (SSSR count). The molecule has 0 aliphatic rings. The number of carboxylic acid groups (broad SMARTS) is 1. The van der Waals surface area contributed by atoms with Crippen molar-refractivity contribution >= 4 is 11.8 Å². The molecule has 0 aromatic heterocycles. The van der Waals surface area contributed by atoms with Gasteiger partial charge in [-0.15, -0.1) is 0 Å². The first-order chi connectivity index (χ1) is 7.43. The van der Waals surface area contributed by atoms with Gasteiger partial charge in [0.05, 0.1) is 6.42 Å². The van der Waals surface area contributed by atoms with Crippen LogP contribution < -0.4 is 0 Å². The molecule has 0 aliphatic carbocycles. The quantitative estimate of drug-likeness (QED) is 0.793. The molecule has 0 atom stereocenters. The highest BCUT2D eigenvalue weighted by Gasteiger charge is 2.12. The average molecular weight is 220 g/mol. The molecule has 0 radical (unpaired) electrons. The zero-order chi connectivity index (χ0) is 12.3. The second-order valence-electron chi connectivity index (χ2n) is 4.00. The molecule has 0 amide bonds. The molecule has 3 heteroatoms. The number of carbonyl (C=O) groups excluding carboxylic acids is 1. The summed E-state index contributed by atoms with van der Waals surface area (Å²) >= 11 is 0. The third-order valence-electron chi connectivity index (χ3n) is 2.92. The molecule has 1 aromatic carbocycles. The highest BCUT2D eigenvalue weighted by Crippen LogP contribution is 2.18. The first-order valence-corrected chi connectivity index (χ1v) is 5.25. The molecule has 0 saturated carbocycles. The van der Waals surface area contributed by atoms with Crippen LogP contribution in [0.15, 0.2) is 12.1 Å². The second-order valence-corrected chi connectivity index (χ2v) is 4.00. The Morgan fingerprint density at radius 1 is 1.06 bits per heavy atom. The molecule has 0 unspecified atom stereocenters. The summed E-state index contributed by atoms with van der Waals surface area (Å²) in [6.45, 7) is 5.86. The largest absolute Gasteiger partial charge is 0.481 e. The highest BCUT2D eigenvalue weighted by atomic mass is 16.4. The molecule has 0 heterocycles. The maximum Gasteiger partial charge on any atom is 0.303 e.